The van der Waals surface area contributed by atoms with E-state index in [1.807, 2.05) is 22.5 Å². The summed E-state index contributed by atoms with van der Waals surface area (Å²) < 4.78 is 3.98. The van der Waals surface area contributed by atoms with E-state index in [1.165, 1.54) is 0 Å². The SMILES string of the molecule is CCc1nn(CC)c(CSc2ncc(CCl)n2C)c1Cl. The van der Waals surface area contributed by atoms with E-state index in [9.17, 15) is 0 Å². The third-order valence-corrected chi connectivity index (χ3v) is 4.98. The Morgan fingerprint density at radius 1 is 1.35 bits per heavy atom. The van der Waals surface area contributed by atoms with E-state index in [4.69, 9.17) is 23.2 Å². The van der Waals surface area contributed by atoms with E-state index >= 15 is 0 Å². The Labute approximate surface area is 133 Å². The van der Waals surface area contributed by atoms with E-state index in [0.717, 1.165) is 46.0 Å². The van der Waals surface area contributed by atoms with Crippen molar-refractivity contribution < 1.29 is 0 Å². The number of thioether (sulfide) groups is 1. The van der Waals surface area contributed by atoms with Crippen LogP contribution in [0.2, 0.25) is 5.02 Å². The van der Waals surface area contributed by atoms with Crippen LogP contribution in [0.3, 0.4) is 0 Å². The van der Waals surface area contributed by atoms with Gasteiger partial charge < -0.3 is 4.57 Å². The highest BCUT2D eigenvalue weighted by atomic mass is 35.5. The fraction of sp³-hybridized carbons (Fsp3) is 0.538. The molecule has 4 nitrogen and oxygen atoms in total. The molecule has 7 heteroatoms. The van der Waals surface area contributed by atoms with Crippen LogP contribution in [0, 0.1) is 0 Å². The number of halogens is 2. The Balaban J connectivity index is 2.18. The molecule has 0 aliphatic rings. The minimum Gasteiger partial charge on any atom is -0.325 e. The van der Waals surface area contributed by atoms with Crippen molar-refractivity contribution in [3.63, 3.8) is 0 Å². The largest absolute Gasteiger partial charge is 0.325 e. The van der Waals surface area contributed by atoms with Crippen molar-refractivity contribution in [2.45, 2.75) is 43.6 Å². The monoisotopic (exact) mass is 332 g/mol. The third-order valence-electron chi connectivity index (χ3n) is 3.21. The highest BCUT2D eigenvalue weighted by Gasteiger charge is 2.15. The standard InChI is InChI=1S/C13H18Cl2N4S/c1-4-10-12(15)11(19(5-2)17-10)8-20-13-16-7-9(6-14)18(13)3/h7H,4-6,8H2,1-3H3. The Kier molecular flexibility index (Phi) is 5.41. The van der Waals surface area contributed by atoms with Crippen molar-refractivity contribution in [2.75, 3.05) is 0 Å². The summed E-state index contributed by atoms with van der Waals surface area (Å²) in [4.78, 5) is 4.38. The number of hydrogen-bond acceptors (Lipinski definition) is 3. The van der Waals surface area contributed by atoms with Gasteiger partial charge in [-0.15, -0.1) is 11.6 Å². The molecule has 0 spiro atoms. The summed E-state index contributed by atoms with van der Waals surface area (Å²) in [6, 6.07) is 0. The van der Waals surface area contributed by atoms with Crippen molar-refractivity contribution in [1.82, 2.24) is 19.3 Å². The second-order valence-corrected chi connectivity index (χ2v) is 5.98. The molecule has 2 rings (SSSR count). The van der Waals surface area contributed by atoms with Gasteiger partial charge in [-0.3, -0.25) is 4.68 Å². The van der Waals surface area contributed by atoms with E-state index in [2.05, 4.69) is 23.9 Å². The van der Waals surface area contributed by atoms with Crippen molar-refractivity contribution in [2.24, 2.45) is 7.05 Å². The van der Waals surface area contributed by atoms with Gasteiger partial charge in [-0.25, -0.2) is 4.98 Å². The van der Waals surface area contributed by atoms with Crippen LogP contribution in [0.1, 0.15) is 30.9 Å². The lowest BCUT2D eigenvalue weighted by atomic mass is 10.3. The number of aromatic nitrogens is 4. The van der Waals surface area contributed by atoms with E-state index < -0.39 is 0 Å². The topological polar surface area (TPSA) is 35.6 Å². The molecular weight excluding hydrogens is 315 g/mol. The molecule has 2 heterocycles. The Hall–Kier alpha value is -0.650. The quantitative estimate of drug-likeness (QED) is 0.594. The summed E-state index contributed by atoms with van der Waals surface area (Å²) in [5.41, 5.74) is 3.04. The average molecular weight is 333 g/mol. The smallest absolute Gasteiger partial charge is 0.168 e. The van der Waals surface area contributed by atoms with Gasteiger partial charge in [-0.05, 0) is 13.3 Å². The summed E-state index contributed by atoms with van der Waals surface area (Å²) in [5, 5.41) is 6.25. The normalized spacial score (nSPS) is 11.2. The molecule has 110 valence electrons. The zero-order chi connectivity index (χ0) is 14.7. The lowest BCUT2D eigenvalue weighted by molar-refractivity contribution is 0.627. The Morgan fingerprint density at radius 2 is 2.10 bits per heavy atom. The van der Waals surface area contributed by atoms with E-state index in [1.54, 1.807) is 11.8 Å². The summed E-state index contributed by atoms with van der Waals surface area (Å²) in [7, 11) is 1.98. The molecule has 20 heavy (non-hydrogen) atoms. The van der Waals surface area contributed by atoms with Crippen LogP contribution in [0.4, 0.5) is 0 Å². The first kappa shape index (κ1) is 15.7. The molecule has 0 aliphatic carbocycles. The average Bonchev–Trinajstić information content (AvgIpc) is 2.97. The molecule has 2 aromatic heterocycles. The molecular formula is C13H18Cl2N4S. The molecule has 0 amide bonds. The van der Waals surface area contributed by atoms with Crippen LogP contribution < -0.4 is 0 Å². The van der Waals surface area contributed by atoms with E-state index in [0.29, 0.717) is 5.88 Å². The lowest BCUT2D eigenvalue weighted by Gasteiger charge is -2.06. The van der Waals surface area contributed by atoms with Crippen molar-refractivity contribution >= 4 is 35.0 Å². The van der Waals surface area contributed by atoms with Gasteiger partial charge in [0.1, 0.15) is 0 Å². The number of alkyl halides is 1. The highest BCUT2D eigenvalue weighted by molar-refractivity contribution is 7.98. The molecule has 0 bridgehead atoms. The van der Waals surface area contributed by atoms with Crippen LogP contribution in [-0.4, -0.2) is 19.3 Å². The van der Waals surface area contributed by atoms with Crippen molar-refractivity contribution in [1.29, 1.82) is 0 Å². The number of hydrogen-bond donors (Lipinski definition) is 0. The zero-order valence-corrected chi connectivity index (χ0v) is 14.2. The first-order valence-corrected chi connectivity index (χ1v) is 8.45. The molecule has 0 saturated carbocycles. The predicted molar refractivity (Wildman–Crippen MR) is 84.6 cm³/mol. The molecule has 0 aliphatic heterocycles. The Bertz CT molecular complexity index is 591. The maximum atomic E-state index is 6.40. The van der Waals surface area contributed by atoms with Gasteiger partial charge in [0.05, 0.1) is 34.2 Å². The fourth-order valence-electron chi connectivity index (χ4n) is 1.97. The minimum absolute atomic E-state index is 0.470. The van der Waals surface area contributed by atoms with Gasteiger partial charge in [0, 0.05) is 19.3 Å². The van der Waals surface area contributed by atoms with Gasteiger partial charge in [0.15, 0.2) is 5.16 Å². The van der Waals surface area contributed by atoms with Crippen LogP contribution in [0.25, 0.3) is 0 Å². The molecule has 0 radical (unpaired) electrons. The van der Waals surface area contributed by atoms with Gasteiger partial charge in [-0.1, -0.05) is 30.3 Å². The van der Waals surface area contributed by atoms with Crippen molar-refractivity contribution in [3.8, 4) is 0 Å². The fourth-order valence-corrected chi connectivity index (χ4v) is 3.63. The van der Waals surface area contributed by atoms with Crippen LogP contribution in [0.5, 0.6) is 0 Å². The number of aryl methyl sites for hydroxylation is 2. The van der Waals surface area contributed by atoms with Gasteiger partial charge in [0.2, 0.25) is 0 Å². The molecule has 2 aromatic rings. The van der Waals surface area contributed by atoms with Crippen molar-refractivity contribution in [3.05, 3.63) is 28.3 Å². The number of nitrogens with zero attached hydrogens (tertiary/aromatic N) is 4. The van der Waals surface area contributed by atoms with E-state index in [-0.39, 0.29) is 0 Å². The summed E-state index contributed by atoms with van der Waals surface area (Å²) in [6.45, 7) is 4.96. The van der Waals surface area contributed by atoms with Crippen LogP contribution in [0.15, 0.2) is 11.4 Å². The summed E-state index contributed by atoms with van der Waals surface area (Å²) in [5.74, 6) is 1.23. The van der Waals surface area contributed by atoms with Gasteiger partial charge >= 0.3 is 0 Å². The maximum Gasteiger partial charge on any atom is 0.168 e. The summed E-state index contributed by atoms with van der Waals surface area (Å²) >= 11 is 13.9. The second kappa shape index (κ2) is 6.87. The lowest BCUT2D eigenvalue weighted by Crippen LogP contribution is -2.02. The zero-order valence-electron chi connectivity index (χ0n) is 11.9. The second-order valence-electron chi connectivity index (χ2n) is 4.39. The highest BCUT2D eigenvalue weighted by Crippen LogP contribution is 2.29. The van der Waals surface area contributed by atoms with Gasteiger partial charge in [-0.2, -0.15) is 5.10 Å². The summed E-state index contributed by atoms with van der Waals surface area (Å²) in [6.07, 6.45) is 2.66. The number of rotatable bonds is 6. The van der Waals surface area contributed by atoms with Gasteiger partial charge in [0.25, 0.3) is 0 Å². The Morgan fingerprint density at radius 3 is 2.65 bits per heavy atom. The molecule has 0 saturated heterocycles. The third kappa shape index (κ3) is 3.00. The first-order chi connectivity index (χ1) is 9.62. The molecule has 0 aromatic carbocycles. The molecule has 0 N–H and O–H groups in total. The number of imidazole rings is 1. The van der Waals surface area contributed by atoms with Crippen LogP contribution in [-0.2, 0) is 31.6 Å². The molecule has 0 atom stereocenters. The molecule has 0 fully saturated rings. The molecule has 0 unspecified atom stereocenters. The predicted octanol–water partition coefficient (Wildman–Crippen LogP) is 3.88. The minimum atomic E-state index is 0.470. The maximum absolute atomic E-state index is 6.40. The first-order valence-electron chi connectivity index (χ1n) is 6.55. The van der Waals surface area contributed by atoms with Crippen LogP contribution >= 0.6 is 35.0 Å².